The predicted octanol–water partition coefficient (Wildman–Crippen LogP) is 4.09. The summed E-state index contributed by atoms with van der Waals surface area (Å²) in [6.07, 6.45) is 0. The topological polar surface area (TPSA) is 18.5 Å². The van der Waals surface area contributed by atoms with E-state index in [9.17, 15) is 8.78 Å². The lowest BCUT2D eigenvalue weighted by molar-refractivity contribution is -0.0512. The van der Waals surface area contributed by atoms with Crippen LogP contribution in [-0.2, 0) is 10.7 Å². The molecule has 0 radical (unpaired) electrons. The molecule has 0 heterocycles. The lowest BCUT2D eigenvalue weighted by atomic mass is 10.1. The minimum atomic E-state index is -2.85. The Balaban J connectivity index is 3.15. The van der Waals surface area contributed by atoms with Crippen LogP contribution < -0.4 is 9.47 Å². The van der Waals surface area contributed by atoms with Crippen LogP contribution in [0.3, 0.4) is 0 Å². The van der Waals surface area contributed by atoms with Crippen LogP contribution in [0.1, 0.15) is 11.1 Å². The molecule has 0 bridgehead atoms. The van der Waals surface area contributed by atoms with E-state index in [0.717, 1.165) is 11.1 Å². The normalized spacial score (nSPS) is 10.6. The molecule has 1 aromatic carbocycles. The van der Waals surface area contributed by atoms with Gasteiger partial charge in [-0.3, -0.25) is 0 Å². The molecule has 0 amide bonds. The van der Waals surface area contributed by atoms with Crippen LogP contribution in [-0.4, -0.2) is 13.7 Å². The molecule has 1 aromatic rings. The van der Waals surface area contributed by atoms with Gasteiger partial charge in [0.1, 0.15) is 0 Å². The average molecular weight is 360 g/mol. The van der Waals surface area contributed by atoms with Crippen molar-refractivity contribution in [1.82, 2.24) is 0 Å². The zero-order valence-corrected chi connectivity index (χ0v) is 11.6. The second-order valence-electron chi connectivity index (χ2n) is 2.92. The van der Waals surface area contributed by atoms with Crippen molar-refractivity contribution in [3.63, 3.8) is 0 Å². The Labute approximate surface area is 109 Å². The van der Waals surface area contributed by atoms with Crippen molar-refractivity contribution in [3.05, 3.63) is 23.3 Å². The van der Waals surface area contributed by atoms with Gasteiger partial charge in [-0.05, 0) is 23.3 Å². The molecule has 0 fully saturated rings. The van der Waals surface area contributed by atoms with Gasteiger partial charge in [-0.25, -0.2) is 0 Å². The molecule has 2 nitrogen and oxygen atoms in total. The average Bonchev–Trinajstić information content (AvgIpc) is 2.27. The number of alkyl halides is 4. The maximum absolute atomic E-state index is 12.2. The highest BCUT2D eigenvalue weighted by molar-refractivity contribution is 9.09. The Hall–Kier alpha value is -0.360. The fourth-order valence-corrected chi connectivity index (χ4v) is 2.28. The molecular weight excluding hydrogens is 350 g/mol. The molecule has 16 heavy (non-hydrogen) atoms. The van der Waals surface area contributed by atoms with Gasteiger partial charge in [-0.15, -0.1) is 0 Å². The first kappa shape index (κ1) is 13.7. The van der Waals surface area contributed by atoms with Gasteiger partial charge in [0, 0.05) is 10.7 Å². The van der Waals surface area contributed by atoms with Crippen molar-refractivity contribution in [1.29, 1.82) is 0 Å². The minimum Gasteiger partial charge on any atom is -0.493 e. The first-order valence-corrected chi connectivity index (χ1v) is 6.63. The summed E-state index contributed by atoms with van der Waals surface area (Å²) in [6, 6.07) is 3.24. The Kier molecular flexibility index (Phi) is 5.48. The summed E-state index contributed by atoms with van der Waals surface area (Å²) in [5.41, 5.74) is 1.85. The van der Waals surface area contributed by atoms with E-state index < -0.39 is 6.61 Å². The highest BCUT2D eigenvalue weighted by Crippen LogP contribution is 2.33. The standard InChI is InChI=1S/C10H10Br2F2O2/c1-15-8-2-6(4-11)7(5-12)3-9(8)16-10(13)14/h2-3,10H,4-5H2,1H3. The highest BCUT2D eigenvalue weighted by atomic mass is 79.9. The summed E-state index contributed by atoms with van der Waals surface area (Å²) in [4.78, 5) is 0. The summed E-state index contributed by atoms with van der Waals surface area (Å²) < 4.78 is 33.7. The molecule has 0 atom stereocenters. The van der Waals surface area contributed by atoms with Gasteiger partial charge in [0.15, 0.2) is 11.5 Å². The van der Waals surface area contributed by atoms with E-state index in [1.165, 1.54) is 7.11 Å². The molecule has 0 saturated heterocycles. The van der Waals surface area contributed by atoms with Gasteiger partial charge in [-0.2, -0.15) is 8.78 Å². The lowest BCUT2D eigenvalue weighted by Gasteiger charge is -2.13. The van der Waals surface area contributed by atoms with Crippen molar-refractivity contribution < 1.29 is 18.3 Å². The third-order valence-electron chi connectivity index (χ3n) is 1.99. The van der Waals surface area contributed by atoms with E-state index in [-0.39, 0.29) is 5.75 Å². The monoisotopic (exact) mass is 358 g/mol. The number of ether oxygens (including phenoxy) is 2. The third-order valence-corrected chi connectivity index (χ3v) is 3.20. The van der Waals surface area contributed by atoms with Crippen LogP contribution >= 0.6 is 31.9 Å². The molecule has 6 heteroatoms. The molecule has 0 aliphatic heterocycles. The summed E-state index contributed by atoms with van der Waals surface area (Å²) >= 11 is 6.61. The van der Waals surface area contributed by atoms with E-state index in [2.05, 4.69) is 36.6 Å². The van der Waals surface area contributed by atoms with Crippen LogP contribution in [0, 0.1) is 0 Å². The second kappa shape index (κ2) is 6.39. The summed E-state index contributed by atoms with van der Waals surface area (Å²) in [6.45, 7) is -2.85. The summed E-state index contributed by atoms with van der Waals surface area (Å²) in [5.74, 6) is 0.358. The smallest absolute Gasteiger partial charge is 0.387 e. The van der Waals surface area contributed by atoms with Crippen LogP contribution in [0.4, 0.5) is 8.78 Å². The second-order valence-corrected chi connectivity index (χ2v) is 4.04. The van der Waals surface area contributed by atoms with Crippen LogP contribution in [0.2, 0.25) is 0 Å². The Morgan fingerprint density at radius 2 is 1.62 bits per heavy atom. The van der Waals surface area contributed by atoms with E-state index in [4.69, 9.17) is 4.74 Å². The largest absolute Gasteiger partial charge is 0.493 e. The quantitative estimate of drug-likeness (QED) is 0.737. The van der Waals surface area contributed by atoms with E-state index in [1.807, 2.05) is 0 Å². The van der Waals surface area contributed by atoms with Gasteiger partial charge in [-0.1, -0.05) is 31.9 Å². The Bertz CT molecular complexity index is 359. The van der Waals surface area contributed by atoms with E-state index in [1.54, 1.807) is 12.1 Å². The maximum atomic E-state index is 12.2. The fraction of sp³-hybridized carbons (Fsp3) is 0.400. The molecule has 0 unspecified atom stereocenters. The number of methoxy groups -OCH3 is 1. The minimum absolute atomic E-state index is 0.0525. The Morgan fingerprint density at radius 3 is 2.00 bits per heavy atom. The molecule has 0 N–H and O–H groups in total. The van der Waals surface area contributed by atoms with Gasteiger partial charge in [0.2, 0.25) is 0 Å². The van der Waals surface area contributed by atoms with Gasteiger partial charge < -0.3 is 9.47 Å². The first-order chi connectivity index (χ1) is 7.62. The fourth-order valence-electron chi connectivity index (χ4n) is 1.24. The lowest BCUT2D eigenvalue weighted by Crippen LogP contribution is -2.05. The van der Waals surface area contributed by atoms with Crippen molar-refractivity contribution in [2.75, 3.05) is 7.11 Å². The van der Waals surface area contributed by atoms with Crippen molar-refractivity contribution in [3.8, 4) is 11.5 Å². The van der Waals surface area contributed by atoms with E-state index >= 15 is 0 Å². The third kappa shape index (κ3) is 3.31. The van der Waals surface area contributed by atoms with Crippen LogP contribution in [0.5, 0.6) is 11.5 Å². The molecular formula is C10H10Br2F2O2. The number of halogens is 4. The van der Waals surface area contributed by atoms with E-state index in [0.29, 0.717) is 16.4 Å². The highest BCUT2D eigenvalue weighted by Gasteiger charge is 2.14. The van der Waals surface area contributed by atoms with Gasteiger partial charge in [0.05, 0.1) is 7.11 Å². The summed E-state index contributed by atoms with van der Waals surface area (Å²) in [7, 11) is 1.42. The zero-order valence-electron chi connectivity index (χ0n) is 8.47. The van der Waals surface area contributed by atoms with Crippen molar-refractivity contribution >= 4 is 31.9 Å². The summed E-state index contributed by atoms with van der Waals surface area (Å²) in [5, 5.41) is 1.19. The Morgan fingerprint density at radius 1 is 1.12 bits per heavy atom. The molecule has 0 aliphatic carbocycles. The number of benzene rings is 1. The van der Waals surface area contributed by atoms with Crippen molar-refractivity contribution in [2.45, 2.75) is 17.3 Å². The number of hydrogen-bond acceptors (Lipinski definition) is 2. The maximum Gasteiger partial charge on any atom is 0.387 e. The van der Waals surface area contributed by atoms with Gasteiger partial charge in [0.25, 0.3) is 0 Å². The predicted molar refractivity (Wildman–Crippen MR) is 64.9 cm³/mol. The number of rotatable bonds is 5. The van der Waals surface area contributed by atoms with Crippen LogP contribution in [0.25, 0.3) is 0 Å². The molecule has 0 aromatic heterocycles. The molecule has 90 valence electrons. The first-order valence-electron chi connectivity index (χ1n) is 4.38. The molecule has 0 saturated carbocycles. The SMILES string of the molecule is COc1cc(CBr)c(CBr)cc1OC(F)F. The zero-order chi connectivity index (χ0) is 12.1. The molecule has 1 rings (SSSR count). The van der Waals surface area contributed by atoms with Crippen molar-refractivity contribution in [2.24, 2.45) is 0 Å². The van der Waals surface area contributed by atoms with Crippen LogP contribution in [0.15, 0.2) is 12.1 Å². The molecule has 0 aliphatic rings. The number of hydrogen-bond donors (Lipinski definition) is 0. The molecule has 0 spiro atoms. The van der Waals surface area contributed by atoms with Gasteiger partial charge >= 0.3 is 6.61 Å².